The van der Waals surface area contributed by atoms with Gasteiger partial charge in [0.2, 0.25) is 9.84 Å². The van der Waals surface area contributed by atoms with Crippen LogP contribution in [0.1, 0.15) is 0 Å². The van der Waals surface area contributed by atoms with Crippen LogP contribution in [0.4, 0.5) is 5.82 Å². The van der Waals surface area contributed by atoms with Crippen molar-refractivity contribution in [1.82, 2.24) is 15.3 Å². The summed E-state index contributed by atoms with van der Waals surface area (Å²) in [6, 6.07) is 8.30. The Labute approximate surface area is 123 Å². The van der Waals surface area contributed by atoms with Crippen LogP contribution in [0.2, 0.25) is 0 Å². The highest BCUT2D eigenvalue weighted by molar-refractivity contribution is 7.91. The van der Waals surface area contributed by atoms with E-state index in [0.29, 0.717) is 5.82 Å². The monoisotopic (exact) mass is 304 g/mol. The van der Waals surface area contributed by atoms with Crippen LogP contribution in [0.25, 0.3) is 0 Å². The first kappa shape index (κ1) is 14.0. The van der Waals surface area contributed by atoms with Crippen LogP contribution in [-0.4, -0.2) is 44.6 Å². The molecule has 0 spiro atoms. The van der Waals surface area contributed by atoms with Crippen molar-refractivity contribution in [3.8, 4) is 0 Å². The Kier molecular flexibility index (Phi) is 3.85. The van der Waals surface area contributed by atoms with Crippen molar-refractivity contribution in [3.05, 3.63) is 42.7 Å². The van der Waals surface area contributed by atoms with Crippen LogP contribution in [0.15, 0.2) is 52.6 Å². The number of anilines is 1. The highest BCUT2D eigenvalue weighted by Gasteiger charge is 2.21. The Morgan fingerprint density at radius 2 is 1.76 bits per heavy atom. The van der Waals surface area contributed by atoms with E-state index in [9.17, 15) is 8.42 Å². The van der Waals surface area contributed by atoms with Crippen LogP contribution in [-0.2, 0) is 9.84 Å². The molecule has 1 fully saturated rings. The maximum atomic E-state index is 12.5. The molecule has 2 heterocycles. The number of piperazine rings is 1. The van der Waals surface area contributed by atoms with Crippen LogP contribution in [0.3, 0.4) is 0 Å². The van der Waals surface area contributed by atoms with Gasteiger partial charge in [0.25, 0.3) is 0 Å². The smallest absolute Gasteiger partial charge is 0.225 e. The standard InChI is InChI=1S/C14H16N4O2S/c19-21(20,12-4-2-1-3-5-12)14-11-16-10-13(17-14)18-8-6-15-7-9-18/h1-5,10-11,15H,6-9H2. The van der Waals surface area contributed by atoms with E-state index in [1.165, 1.54) is 6.20 Å². The lowest BCUT2D eigenvalue weighted by atomic mass is 10.4. The van der Waals surface area contributed by atoms with Crippen LogP contribution < -0.4 is 10.2 Å². The van der Waals surface area contributed by atoms with Gasteiger partial charge in [0.1, 0.15) is 5.82 Å². The fraction of sp³-hybridized carbons (Fsp3) is 0.286. The second-order valence-electron chi connectivity index (χ2n) is 4.77. The molecule has 21 heavy (non-hydrogen) atoms. The van der Waals surface area contributed by atoms with E-state index < -0.39 is 9.84 Å². The number of aromatic nitrogens is 2. The number of hydrogen-bond donors (Lipinski definition) is 1. The van der Waals surface area contributed by atoms with Gasteiger partial charge in [-0.1, -0.05) is 18.2 Å². The minimum Gasteiger partial charge on any atom is -0.353 e. The Hall–Kier alpha value is -1.99. The lowest BCUT2D eigenvalue weighted by Crippen LogP contribution is -2.44. The van der Waals surface area contributed by atoms with E-state index in [1.54, 1.807) is 36.5 Å². The van der Waals surface area contributed by atoms with E-state index in [1.807, 2.05) is 4.90 Å². The summed E-state index contributed by atoms with van der Waals surface area (Å²) in [5.74, 6) is 0.605. The third kappa shape index (κ3) is 2.88. The first-order valence-electron chi connectivity index (χ1n) is 6.76. The van der Waals surface area contributed by atoms with Crippen molar-refractivity contribution in [3.63, 3.8) is 0 Å². The molecule has 6 nitrogen and oxygen atoms in total. The maximum Gasteiger partial charge on any atom is 0.225 e. The second kappa shape index (κ2) is 5.79. The molecule has 3 rings (SSSR count). The van der Waals surface area contributed by atoms with Crippen LogP contribution in [0, 0.1) is 0 Å². The van der Waals surface area contributed by atoms with Crippen molar-refractivity contribution < 1.29 is 8.42 Å². The molecule has 0 atom stereocenters. The molecule has 110 valence electrons. The summed E-state index contributed by atoms with van der Waals surface area (Å²) in [5, 5.41) is 3.24. The molecule has 1 aliphatic heterocycles. The number of benzene rings is 1. The molecule has 1 N–H and O–H groups in total. The van der Waals surface area contributed by atoms with Crippen LogP contribution >= 0.6 is 0 Å². The van der Waals surface area contributed by atoms with Crippen molar-refractivity contribution in [2.24, 2.45) is 0 Å². The molecule has 1 saturated heterocycles. The highest BCUT2D eigenvalue weighted by Crippen LogP contribution is 2.20. The van der Waals surface area contributed by atoms with E-state index in [2.05, 4.69) is 15.3 Å². The predicted octanol–water partition coefficient (Wildman–Crippen LogP) is 0.719. The topological polar surface area (TPSA) is 75.2 Å². The van der Waals surface area contributed by atoms with Gasteiger partial charge in [-0.05, 0) is 12.1 Å². The summed E-state index contributed by atoms with van der Waals surface area (Å²) in [7, 11) is -3.62. The van der Waals surface area contributed by atoms with Crippen molar-refractivity contribution in [2.75, 3.05) is 31.1 Å². The Morgan fingerprint density at radius 3 is 2.48 bits per heavy atom. The third-order valence-corrected chi connectivity index (χ3v) is 5.01. The average molecular weight is 304 g/mol. The maximum absolute atomic E-state index is 12.5. The predicted molar refractivity (Wildman–Crippen MR) is 79.0 cm³/mol. The summed E-state index contributed by atoms with van der Waals surface area (Å²) < 4.78 is 25.1. The van der Waals surface area contributed by atoms with Crippen LogP contribution in [0.5, 0.6) is 0 Å². The number of rotatable bonds is 3. The zero-order valence-corrected chi connectivity index (χ0v) is 12.3. The van der Waals surface area contributed by atoms with E-state index in [4.69, 9.17) is 0 Å². The molecule has 1 aromatic heterocycles. The number of nitrogens with zero attached hydrogens (tertiary/aromatic N) is 3. The van der Waals surface area contributed by atoms with Gasteiger partial charge < -0.3 is 10.2 Å². The summed E-state index contributed by atoms with van der Waals surface area (Å²) >= 11 is 0. The number of sulfone groups is 1. The molecule has 7 heteroatoms. The first-order valence-corrected chi connectivity index (χ1v) is 8.24. The Bertz CT molecular complexity index is 713. The third-order valence-electron chi connectivity index (χ3n) is 3.37. The molecule has 0 saturated carbocycles. The molecule has 1 aliphatic rings. The fourth-order valence-electron chi connectivity index (χ4n) is 2.23. The fourth-order valence-corrected chi connectivity index (χ4v) is 3.40. The van der Waals surface area contributed by atoms with Crippen molar-refractivity contribution in [2.45, 2.75) is 9.92 Å². The van der Waals surface area contributed by atoms with Gasteiger partial charge in [0.05, 0.1) is 17.3 Å². The SMILES string of the molecule is O=S(=O)(c1ccccc1)c1cncc(N2CCNCC2)n1. The molecular weight excluding hydrogens is 288 g/mol. The molecule has 0 aliphatic carbocycles. The van der Waals surface area contributed by atoms with Gasteiger partial charge in [-0.15, -0.1) is 0 Å². The highest BCUT2D eigenvalue weighted by atomic mass is 32.2. The van der Waals surface area contributed by atoms with Gasteiger partial charge in [0, 0.05) is 26.2 Å². The van der Waals surface area contributed by atoms with Gasteiger partial charge in [-0.25, -0.2) is 13.4 Å². The van der Waals surface area contributed by atoms with E-state index >= 15 is 0 Å². The Morgan fingerprint density at radius 1 is 1.05 bits per heavy atom. The van der Waals surface area contributed by atoms with Gasteiger partial charge >= 0.3 is 0 Å². The number of hydrogen-bond acceptors (Lipinski definition) is 6. The lowest BCUT2D eigenvalue weighted by molar-refractivity contribution is 0.577. The molecule has 0 amide bonds. The zero-order chi connectivity index (χ0) is 14.7. The normalized spacial score (nSPS) is 15.9. The average Bonchev–Trinajstić information content (AvgIpc) is 2.57. The minimum atomic E-state index is -3.62. The summed E-state index contributed by atoms with van der Waals surface area (Å²) in [4.78, 5) is 10.6. The minimum absolute atomic E-state index is 0.00951. The lowest BCUT2D eigenvalue weighted by Gasteiger charge is -2.28. The molecule has 0 unspecified atom stereocenters. The Balaban J connectivity index is 1.96. The van der Waals surface area contributed by atoms with Gasteiger partial charge in [-0.2, -0.15) is 0 Å². The van der Waals surface area contributed by atoms with Gasteiger partial charge in [-0.3, -0.25) is 4.98 Å². The van der Waals surface area contributed by atoms with E-state index in [-0.39, 0.29) is 9.92 Å². The molecule has 2 aromatic rings. The largest absolute Gasteiger partial charge is 0.353 e. The molecule has 1 aromatic carbocycles. The van der Waals surface area contributed by atoms with E-state index in [0.717, 1.165) is 26.2 Å². The quantitative estimate of drug-likeness (QED) is 0.900. The second-order valence-corrected chi connectivity index (χ2v) is 6.67. The molecule has 0 bridgehead atoms. The summed E-state index contributed by atoms with van der Waals surface area (Å²) in [5.41, 5.74) is 0. The zero-order valence-electron chi connectivity index (χ0n) is 11.4. The van der Waals surface area contributed by atoms with Crippen molar-refractivity contribution in [1.29, 1.82) is 0 Å². The summed E-state index contributed by atoms with van der Waals surface area (Å²) in [6.45, 7) is 3.31. The summed E-state index contributed by atoms with van der Waals surface area (Å²) in [6.07, 6.45) is 2.91. The molecular formula is C14H16N4O2S. The first-order chi connectivity index (χ1) is 10.2. The van der Waals surface area contributed by atoms with Crippen molar-refractivity contribution >= 4 is 15.7 Å². The van der Waals surface area contributed by atoms with Gasteiger partial charge in [0.15, 0.2) is 5.03 Å². The molecule has 0 radical (unpaired) electrons. The number of nitrogens with one attached hydrogen (secondary N) is 1.